The Morgan fingerprint density at radius 3 is 2.76 bits per heavy atom. The van der Waals surface area contributed by atoms with E-state index in [-0.39, 0.29) is 12.4 Å². The van der Waals surface area contributed by atoms with Crippen molar-refractivity contribution in [2.45, 2.75) is 6.61 Å². The van der Waals surface area contributed by atoms with Crippen LogP contribution in [0.5, 0.6) is 5.75 Å². The summed E-state index contributed by atoms with van der Waals surface area (Å²) >= 11 is 3.35. The third-order valence-corrected chi connectivity index (χ3v) is 2.79. The fourth-order valence-electron chi connectivity index (χ4n) is 1.42. The fraction of sp³-hybridized carbons (Fsp3) is 0.0769. The van der Waals surface area contributed by atoms with E-state index >= 15 is 0 Å². The Morgan fingerprint density at radius 1 is 1.18 bits per heavy atom. The number of rotatable bonds is 3. The molecule has 0 bridgehead atoms. The lowest BCUT2D eigenvalue weighted by molar-refractivity contribution is 0.306. The highest BCUT2D eigenvalue weighted by molar-refractivity contribution is 9.10. The van der Waals surface area contributed by atoms with Gasteiger partial charge in [-0.2, -0.15) is 0 Å². The molecular formula is C13H11BrFNO. The maximum atomic E-state index is 13.0. The van der Waals surface area contributed by atoms with Crippen molar-refractivity contribution in [3.8, 4) is 5.75 Å². The molecular weight excluding hydrogens is 285 g/mol. The van der Waals surface area contributed by atoms with Gasteiger partial charge in [0.05, 0.1) is 0 Å². The average Bonchev–Trinajstić information content (AvgIpc) is 2.30. The van der Waals surface area contributed by atoms with Gasteiger partial charge in [0.15, 0.2) is 0 Å². The zero-order chi connectivity index (χ0) is 12.3. The zero-order valence-electron chi connectivity index (χ0n) is 8.99. The smallest absolute Gasteiger partial charge is 0.123 e. The molecule has 0 atom stereocenters. The van der Waals surface area contributed by atoms with Gasteiger partial charge in [0.2, 0.25) is 0 Å². The summed E-state index contributed by atoms with van der Waals surface area (Å²) in [7, 11) is 0. The van der Waals surface area contributed by atoms with Crippen LogP contribution in [0.3, 0.4) is 0 Å². The molecule has 2 nitrogen and oxygen atoms in total. The van der Waals surface area contributed by atoms with Gasteiger partial charge in [-0.3, -0.25) is 0 Å². The Bertz CT molecular complexity index is 531. The van der Waals surface area contributed by atoms with Crippen LogP contribution in [0.2, 0.25) is 0 Å². The third kappa shape index (κ3) is 3.20. The molecule has 0 spiro atoms. The zero-order valence-corrected chi connectivity index (χ0v) is 10.6. The fourth-order valence-corrected chi connectivity index (χ4v) is 1.80. The maximum absolute atomic E-state index is 13.0. The molecule has 0 unspecified atom stereocenters. The minimum Gasteiger partial charge on any atom is -0.489 e. The first kappa shape index (κ1) is 11.9. The lowest BCUT2D eigenvalue weighted by atomic mass is 10.2. The molecule has 0 amide bonds. The number of ether oxygens (including phenoxy) is 1. The van der Waals surface area contributed by atoms with E-state index in [9.17, 15) is 4.39 Å². The lowest BCUT2D eigenvalue weighted by Crippen LogP contribution is -2.00. The summed E-state index contributed by atoms with van der Waals surface area (Å²) in [5, 5.41) is 0. The van der Waals surface area contributed by atoms with Gasteiger partial charge in [0, 0.05) is 15.7 Å². The van der Waals surface area contributed by atoms with E-state index in [4.69, 9.17) is 10.5 Å². The summed E-state index contributed by atoms with van der Waals surface area (Å²) in [4.78, 5) is 0. The quantitative estimate of drug-likeness (QED) is 0.875. The molecule has 0 radical (unpaired) electrons. The molecule has 0 aliphatic rings. The van der Waals surface area contributed by atoms with Crippen LogP contribution in [-0.4, -0.2) is 0 Å². The Morgan fingerprint density at radius 2 is 2.00 bits per heavy atom. The molecule has 2 N–H and O–H groups in total. The highest BCUT2D eigenvalue weighted by Crippen LogP contribution is 2.20. The number of nitrogen functional groups attached to an aromatic ring is 1. The van der Waals surface area contributed by atoms with E-state index in [1.54, 1.807) is 0 Å². The third-order valence-electron chi connectivity index (χ3n) is 2.30. The monoisotopic (exact) mass is 295 g/mol. The minimum absolute atomic E-state index is 0.250. The molecule has 2 aromatic rings. The molecule has 88 valence electrons. The highest BCUT2D eigenvalue weighted by atomic mass is 79.9. The number of hydrogen-bond acceptors (Lipinski definition) is 2. The van der Waals surface area contributed by atoms with Gasteiger partial charge in [-0.1, -0.05) is 22.0 Å². The molecule has 0 heterocycles. The van der Waals surface area contributed by atoms with Crippen molar-refractivity contribution in [3.05, 3.63) is 58.3 Å². The van der Waals surface area contributed by atoms with Crippen LogP contribution >= 0.6 is 15.9 Å². The predicted molar refractivity (Wildman–Crippen MR) is 69.3 cm³/mol. The van der Waals surface area contributed by atoms with Crippen molar-refractivity contribution in [2.24, 2.45) is 0 Å². The number of anilines is 1. The minimum atomic E-state index is -0.313. The Balaban J connectivity index is 2.09. The van der Waals surface area contributed by atoms with Crippen molar-refractivity contribution in [2.75, 3.05) is 5.73 Å². The SMILES string of the molecule is Nc1ccc(F)cc1COc1cccc(Br)c1. The van der Waals surface area contributed by atoms with E-state index < -0.39 is 0 Å². The Labute approximate surface area is 107 Å². The van der Waals surface area contributed by atoms with Crippen LogP contribution in [0.4, 0.5) is 10.1 Å². The van der Waals surface area contributed by atoms with Crippen LogP contribution in [0.25, 0.3) is 0 Å². The van der Waals surface area contributed by atoms with Crippen LogP contribution in [0.1, 0.15) is 5.56 Å². The summed E-state index contributed by atoms with van der Waals surface area (Å²) in [5.74, 6) is 0.398. The molecule has 0 aromatic heterocycles. The summed E-state index contributed by atoms with van der Waals surface area (Å²) in [5.41, 5.74) is 6.90. The van der Waals surface area contributed by atoms with E-state index in [2.05, 4.69) is 15.9 Å². The first-order valence-corrected chi connectivity index (χ1v) is 5.87. The van der Waals surface area contributed by atoms with Crippen LogP contribution in [0.15, 0.2) is 46.9 Å². The molecule has 0 aliphatic heterocycles. The summed E-state index contributed by atoms with van der Waals surface area (Å²) in [6, 6.07) is 11.7. The van der Waals surface area contributed by atoms with Crippen LogP contribution < -0.4 is 10.5 Å². The van der Waals surface area contributed by atoms with Crippen molar-refractivity contribution in [1.82, 2.24) is 0 Å². The van der Waals surface area contributed by atoms with Gasteiger partial charge in [-0.15, -0.1) is 0 Å². The predicted octanol–water partition coefficient (Wildman–Crippen LogP) is 3.75. The van der Waals surface area contributed by atoms with E-state index in [0.717, 1.165) is 4.47 Å². The number of hydrogen-bond donors (Lipinski definition) is 1. The standard InChI is InChI=1S/C13H11BrFNO/c14-10-2-1-3-12(7-10)17-8-9-6-11(15)4-5-13(9)16/h1-7H,8,16H2. The first-order chi connectivity index (χ1) is 8.15. The van der Waals surface area contributed by atoms with Crippen LogP contribution in [0, 0.1) is 5.82 Å². The second-order valence-electron chi connectivity index (χ2n) is 3.59. The van der Waals surface area contributed by atoms with Crippen molar-refractivity contribution >= 4 is 21.6 Å². The lowest BCUT2D eigenvalue weighted by Gasteiger charge is -2.08. The molecule has 0 aliphatic carbocycles. The Kier molecular flexibility index (Phi) is 3.64. The van der Waals surface area contributed by atoms with Gasteiger partial charge in [-0.05, 0) is 36.4 Å². The number of nitrogens with two attached hydrogens (primary N) is 1. The van der Waals surface area contributed by atoms with Crippen molar-refractivity contribution in [1.29, 1.82) is 0 Å². The van der Waals surface area contributed by atoms with Gasteiger partial charge in [0.25, 0.3) is 0 Å². The summed E-state index contributed by atoms with van der Waals surface area (Å²) in [6.07, 6.45) is 0. The highest BCUT2D eigenvalue weighted by Gasteiger charge is 2.02. The maximum Gasteiger partial charge on any atom is 0.123 e. The van der Waals surface area contributed by atoms with Crippen LogP contribution in [-0.2, 0) is 6.61 Å². The van der Waals surface area contributed by atoms with E-state index in [1.807, 2.05) is 24.3 Å². The molecule has 0 fully saturated rings. The first-order valence-electron chi connectivity index (χ1n) is 5.07. The molecule has 2 rings (SSSR count). The van der Waals surface area contributed by atoms with Gasteiger partial charge in [-0.25, -0.2) is 4.39 Å². The molecule has 2 aromatic carbocycles. The second kappa shape index (κ2) is 5.19. The summed E-state index contributed by atoms with van der Waals surface area (Å²) < 4.78 is 19.5. The van der Waals surface area contributed by atoms with E-state index in [1.165, 1.54) is 18.2 Å². The molecule has 0 saturated carbocycles. The largest absolute Gasteiger partial charge is 0.489 e. The molecule has 4 heteroatoms. The Hall–Kier alpha value is -1.55. The molecule has 0 saturated heterocycles. The van der Waals surface area contributed by atoms with Gasteiger partial charge in [0.1, 0.15) is 18.2 Å². The van der Waals surface area contributed by atoms with Gasteiger partial charge < -0.3 is 10.5 Å². The number of benzene rings is 2. The van der Waals surface area contributed by atoms with E-state index in [0.29, 0.717) is 17.0 Å². The van der Waals surface area contributed by atoms with Gasteiger partial charge >= 0.3 is 0 Å². The van der Waals surface area contributed by atoms with Crippen molar-refractivity contribution in [3.63, 3.8) is 0 Å². The molecule has 17 heavy (non-hydrogen) atoms. The second-order valence-corrected chi connectivity index (χ2v) is 4.50. The number of halogens is 2. The summed E-state index contributed by atoms with van der Waals surface area (Å²) in [6.45, 7) is 0.250. The van der Waals surface area contributed by atoms with Crippen molar-refractivity contribution < 1.29 is 9.13 Å². The topological polar surface area (TPSA) is 35.2 Å². The average molecular weight is 296 g/mol. The normalized spacial score (nSPS) is 10.2.